The van der Waals surface area contributed by atoms with Gasteiger partial charge in [0.25, 0.3) is 0 Å². The van der Waals surface area contributed by atoms with Crippen LogP contribution >= 0.6 is 0 Å². The topological polar surface area (TPSA) is 0 Å². The van der Waals surface area contributed by atoms with Crippen molar-refractivity contribution in [1.29, 1.82) is 0 Å². The maximum Gasteiger partial charge on any atom is 0.0817 e. The molecule has 3 aromatic carbocycles. The molecule has 0 amide bonds. The molecule has 0 heterocycles. The van der Waals surface area contributed by atoms with E-state index in [1.807, 2.05) is 0 Å². The second-order valence-electron chi connectivity index (χ2n) is 7.06. The first-order chi connectivity index (χ1) is 12.9. The SMILES string of the molecule is C1=CC(C[Si]c2ccc(C3C=Cc4ccccc43)cc2)c2ccccc21. The standard InChI is InChI=1S/C25H20Si/c1-3-7-23-18(5-1)9-10-21(23)17-26-22-14-11-20(12-15-22)25-16-13-19-6-2-4-8-24(19)25/h1-16,21,25H,17H2. The van der Waals surface area contributed by atoms with Crippen molar-refractivity contribution in [2.45, 2.75) is 17.9 Å². The van der Waals surface area contributed by atoms with Gasteiger partial charge >= 0.3 is 0 Å². The Balaban J connectivity index is 1.28. The number of hydrogen-bond donors (Lipinski definition) is 0. The molecule has 0 saturated carbocycles. The monoisotopic (exact) mass is 348 g/mol. The van der Waals surface area contributed by atoms with Crippen LogP contribution in [0.25, 0.3) is 12.2 Å². The maximum atomic E-state index is 2.37. The molecule has 0 nitrogen and oxygen atoms in total. The van der Waals surface area contributed by atoms with Crippen molar-refractivity contribution in [3.8, 4) is 0 Å². The second kappa shape index (κ2) is 6.58. The summed E-state index contributed by atoms with van der Waals surface area (Å²) in [4.78, 5) is 0. The van der Waals surface area contributed by atoms with Crippen molar-refractivity contribution < 1.29 is 0 Å². The van der Waals surface area contributed by atoms with Gasteiger partial charge in [0.2, 0.25) is 0 Å². The van der Waals surface area contributed by atoms with E-state index >= 15 is 0 Å². The summed E-state index contributed by atoms with van der Waals surface area (Å²) in [5.74, 6) is 0.988. The molecule has 124 valence electrons. The number of fused-ring (bicyclic) bond motifs is 2. The highest BCUT2D eigenvalue weighted by Gasteiger charge is 2.19. The maximum absolute atomic E-state index is 2.37. The van der Waals surface area contributed by atoms with Gasteiger partial charge in [-0.15, -0.1) is 0 Å². The molecule has 0 bridgehead atoms. The number of allylic oxidation sites excluding steroid dienone is 2. The smallest absolute Gasteiger partial charge is 0.0767 e. The summed E-state index contributed by atoms with van der Waals surface area (Å²) in [6.45, 7) is 0. The Hall–Kier alpha value is -2.64. The minimum Gasteiger partial charge on any atom is -0.0767 e. The van der Waals surface area contributed by atoms with Crippen LogP contribution in [-0.2, 0) is 0 Å². The summed E-state index contributed by atoms with van der Waals surface area (Å²) < 4.78 is 0. The van der Waals surface area contributed by atoms with Crippen LogP contribution in [0.1, 0.15) is 39.7 Å². The molecule has 1 heteroatoms. The molecule has 0 N–H and O–H groups in total. The summed E-state index contributed by atoms with van der Waals surface area (Å²) in [5.41, 5.74) is 7.06. The van der Waals surface area contributed by atoms with E-state index in [1.54, 1.807) is 0 Å². The van der Waals surface area contributed by atoms with Gasteiger partial charge in [0.1, 0.15) is 0 Å². The van der Waals surface area contributed by atoms with Crippen LogP contribution < -0.4 is 5.19 Å². The number of hydrogen-bond acceptors (Lipinski definition) is 0. The Bertz CT molecular complexity index is 995. The molecule has 3 aromatic rings. The fourth-order valence-electron chi connectivity index (χ4n) is 4.08. The molecule has 0 fully saturated rings. The lowest BCUT2D eigenvalue weighted by atomic mass is 9.93. The zero-order valence-electron chi connectivity index (χ0n) is 14.6. The van der Waals surface area contributed by atoms with Gasteiger partial charge in [-0.3, -0.25) is 0 Å². The normalized spacial score (nSPS) is 19.5. The average molecular weight is 349 g/mol. The summed E-state index contributed by atoms with van der Waals surface area (Å²) in [5, 5.41) is 1.46. The highest BCUT2D eigenvalue weighted by Crippen LogP contribution is 2.35. The fraction of sp³-hybridized carbons (Fsp3) is 0.120. The van der Waals surface area contributed by atoms with E-state index in [0.29, 0.717) is 11.8 Å². The van der Waals surface area contributed by atoms with Crippen molar-refractivity contribution >= 4 is 26.9 Å². The van der Waals surface area contributed by atoms with Crippen molar-refractivity contribution in [3.05, 3.63) is 113 Å². The molecule has 0 aromatic heterocycles. The molecule has 2 radical (unpaired) electrons. The zero-order valence-corrected chi connectivity index (χ0v) is 15.6. The number of rotatable bonds is 4. The van der Waals surface area contributed by atoms with Crippen molar-refractivity contribution in [1.82, 2.24) is 0 Å². The Morgan fingerprint density at radius 1 is 0.654 bits per heavy atom. The molecule has 5 rings (SSSR count). The van der Waals surface area contributed by atoms with Gasteiger partial charge in [0.15, 0.2) is 0 Å². The van der Waals surface area contributed by atoms with Gasteiger partial charge < -0.3 is 0 Å². The summed E-state index contributed by atoms with van der Waals surface area (Å²) in [7, 11) is 0.851. The third kappa shape index (κ3) is 2.79. The third-order valence-electron chi connectivity index (χ3n) is 5.50. The van der Waals surface area contributed by atoms with Crippen molar-refractivity contribution in [3.63, 3.8) is 0 Å². The molecule has 2 unspecified atom stereocenters. The minimum absolute atomic E-state index is 0.410. The van der Waals surface area contributed by atoms with Crippen LogP contribution in [0.4, 0.5) is 0 Å². The lowest BCUT2D eigenvalue weighted by molar-refractivity contribution is 0.981. The average Bonchev–Trinajstić information content (AvgIpc) is 3.31. The highest BCUT2D eigenvalue weighted by atomic mass is 28.2. The van der Waals surface area contributed by atoms with Gasteiger partial charge in [-0.2, -0.15) is 0 Å². The van der Waals surface area contributed by atoms with Crippen LogP contribution in [0.15, 0.2) is 84.9 Å². The lowest BCUT2D eigenvalue weighted by Gasteiger charge is -2.13. The predicted molar refractivity (Wildman–Crippen MR) is 112 cm³/mol. The molecular weight excluding hydrogens is 328 g/mol. The molecule has 0 spiro atoms. The Morgan fingerprint density at radius 2 is 1.31 bits per heavy atom. The van der Waals surface area contributed by atoms with Crippen LogP contribution in [0.2, 0.25) is 6.04 Å². The molecule has 0 aliphatic heterocycles. The van der Waals surface area contributed by atoms with E-state index < -0.39 is 0 Å². The van der Waals surface area contributed by atoms with E-state index in [-0.39, 0.29) is 0 Å². The van der Waals surface area contributed by atoms with Crippen molar-refractivity contribution in [2.24, 2.45) is 0 Å². The predicted octanol–water partition coefficient (Wildman–Crippen LogP) is 5.40. The van der Waals surface area contributed by atoms with Gasteiger partial charge in [-0.05, 0) is 33.9 Å². The number of benzene rings is 3. The molecule has 2 aliphatic carbocycles. The van der Waals surface area contributed by atoms with E-state index in [4.69, 9.17) is 0 Å². The summed E-state index contributed by atoms with van der Waals surface area (Å²) in [6.07, 6.45) is 9.21. The van der Waals surface area contributed by atoms with Crippen LogP contribution in [-0.4, -0.2) is 9.52 Å². The largest absolute Gasteiger partial charge is 0.0817 e. The van der Waals surface area contributed by atoms with Gasteiger partial charge in [-0.1, -0.05) is 102 Å². The summed E-state index contributed by atoms with van der Waals surface area (Å²) >= 11 is 0. The first kappa shape index (κ1) is 15.6. The summed E-state index contributed by atoms with van der Waals surface area (Å²) in [6, 6.07) is 28.0. The van der Waals surface area contributed by atoms with E-state index in [0.717, 1.165) is 9.52 Å². The Morgan fingerprint density at radius 3 is 2.12 bits per heavy atom. The first-order valence-electron chi connectivity index (χ1n) is 9.26. The molecule has 26 heavy (non-hydrogen) atoms. The van der Waals surface area contributed by atoms with Gasteiger partial charge in [-0.25, -0.2) is 0 Å². The van der Waals surface area contributed by atoms with E-state index in [9.17, 15) is 0 Å². The lowest BCUT2D eigenvalue weighted by Crippen LogP contribution is -2.15. The van der Waals surface area contributed by atoms with Gasteiger partial charge in [0, 0.05) is 11.8 Å². The highest BCUT2D eigenvalue weighted by molar-refractivity contribution is 6.53. The third-order valence-corrected chi connectivity index (χ3v) is 6.88. The molecular formula is C25H20Si. The quantitative estimate of drug-likeness (QED) is 0.554. The van der Waals surface area contributed by atoms with E-state index in [1.165, 1.54) is 39.0 Å². The minimum atomic E-state index is 0.410. The first-order valence-corrected chi connectivity index (χ1v) is 10.5. The van der Waals surface area contributed by atoms with Crippen LogP contribution in [0.3, 0.4) is 0 Å². The van der Waals surface area contributed by atoms with E-state index in [2.05, 4.69) is 97.1 Å². The molecule has 0 saturated heterocycles. The zero-order chi connectivity index (χ0) is 17.3. The fourth-order valence-corrected chi connectivity index (χ4v) is 5.29. The Kier molecular flexibility index (Phi) is 3.95. The Labute approximate surface area is 157 Å². The molecule has 2 atom stereocenters. The molecule has 2 aliphatic rings. The second-order valence-corrected chi connectivity index (χ2v) is 8.40. The van der Waals surface area contributed by atoms with Crippen LogP contribution in [0.5, 0.6) is 0 Å². The van der Waals surface area contributed by atoms with Gasteiger partial charge in [0.05, 0.1) is 9.52 Å². The van der Waals surface area contributed by atoms with Crippen LogP contribution in [0, 0.1) is 0 Å². The van der Waals surface area contributed by atoms with Crippen molar-refractivity contribution in [2.75, 3.05) is 0 Å².